The maximum atomic E-state index is 13.0. The third-order valence-corrected chi connectivity index (χ3v) is 6.06. The van der Waals surface area contributed by atoms with Gasteiger partial charge in [0.2, 0.25) is 5.91 Å². The summed E-state index contributed by atoms with van der Waals surface area (Å²) in [5.41, 5.74) is 1.19. The Hall–Kier alpha value is -3.42. The number of rotatable bonds is 6. The Bertz CT molecular complexity index is 944. The van der Waals surface area contributed by atoms with Crippen molar-refractivity contribution in [2.75, 3.05) is 37.6 Å². The van der Waals surface area contributed by atoms with Crippen molar-refractivity contribution in [1.29, 1.82) is 0 Å². The number of aryl methyl sites for hydroxylation is 1. The van der Waals surface area contributed by atoms with Gasteiger partial charge in [-0.15, -0.1) is 0 Å². The van der Waals surface area contributed by atoms with Gasteiger partial charge in [-0.25, -0.2) is 4.79 Å². The Morgan fingerprint density at radius 2 is 1.71 bits per heavy atom. The monoisotopic (exact) mass is 421 g/mol. The van der Waals surface area contributed by atoms with E-state index in [0.717, 1.165) is 16.2 Å². The molecule has 1 N–H and O–H groups in total. The summed E-state index contributed by atoms with van der Waals surface area (Å²) in [6.45, 7) is 4.01. The lowest BCUT2D eigenvalue weighted by molar-refractivity contribution is -0.139. The van der Waals surface area contributed by atoms with Gasteiger partial charge < -0.3 is 15.1 Å². The van der Waals surface area contributed by atoms with Crippen molar-refractivity contribution < 1.29 is 14.4 Å². The largest absolute Gasteiger partial charge is 0.368 e. The standard InChI is InChI=1S/C23H27N5O3/c1-23(10-7-18-5-3-2-4-6-18)21(30)28(22(31)25-23)17-20(29)27-15-13-26(14-16-27)19-8-11-24-12-9-19/h2-6,8-9,11-12H,7,10,13-17H2,1H3,(H,25,31)/t23-/m0/s1. The average molecular weight is 422 g/mol. The van der Waals surface area contributed by atoms with Gasteiger partial charge in [0, 0.05) is 44.3 Å². The van der Waals surface area contributed by atoms with E-state index >= 15 is 0 Å². The van der Waals surface area contributed by atoms with E-state index in [1.54, 1.807) is 24.2 Å². The first kappa shape index (κ1) is 20.8. The molecule has 4 amide bonds. The Labute approximate surface area is 181 Å². The average Bonchev–Trinajstić information content (AvgIpc) is 3.02. The number of anilines is 1. The maximum absolute atomic E-state index is 13.0. The summed E-state index contributed by atoms with van der Waals surface area (Å²) < 4.78 is 0. The lowest BCUT2D eigenvalue weighted by atomic mass is 9.93. The summed E-state index contributed by atoms with van der Waals surface area (Å²) in [5.74, 6) is -0.539. The Balaban J connectivity index is 1.32. The Morgan fingerprint density at radius 1 is 1.03 bits per heavy atom. The molecule has 0 bridgehead atoms. The molecule has 2 saturated heterocycles. The van der Waals surface area contributed by atoms with Crippen LogP contribution in [0.3, 0.4) is 0 Å². The molecule has 0 aliphatic carbocycles. The normalized spacial score (nSPS) is 21.4. The van der Waals surface area contributed by atoms with Gasteiger partial charge in [0.05, 0.1) is 0 Å². The van der Waals surface area contributed by atoms with Gasteiger partial charge in [0.1, 0.15) is 12.1 Å². The molecule has 8 nitrogen and oxygen atoms in total. The summed E-state index contributed by atoms with van der Waals surface area (Å²) in [6, 6.07) is 13.2. The molecule has 0 unspecified atom stereocenters. The van der Waals surface area contributed by atoms with Gasteiger partial charge in [-0.05, 0) is 37.5 Å². The number of piperazine rings is 1. The molecule has 31 heavy (non-hydrogen) atoms. The molecule has 1 aromatic carbocycles. The maximum Gasteiger partial charge on any atom is 0.325 e. The Morgan fingerprint density at radius 3 is 2.39 bits per heavy atom. The molecular formula is C23H27N5O3. The van der Waals surface area contributed by atoms with E-state index in [1.807, 2.05) is 42.5 Å². The predicted octanol–water partition coefficient (Wildman–Crippen LogP) is 1.67. The van der Waals surface area contributed by atoms with Gasteiger partial charge in [0.25, 0.3) is 5.91 Å². The first-order valence-electron chi connectivity index (χ1n) is 10.6. The van der Waals surface area contributed by atoms with Crippen LogP contribution in [0.1, 0.15) is 18.9 Å². The van der Waals surface area contributed by atoms with E-state index in [-0.39, 0.29) is 18.4 Å². The number of benzene rings is 1. The zero-order valence-corrected chi connectivity index (χ0v) is 17.7. The van der Waals surface area contributed by atoms with E-state index in [0.29, 0.717) is 39.0 Å². The van der Waals surface area contributed by atoms with Gasteiger partial charge in [0.15, 0.2) is 0 Å². The second-order valence-corrected chi connectivity index (χ2v) is 8.21. The number of hydrogen-bond donors (Lipinski definition) is 1. The zero-order valence-electron chi connectivity index (χ0n) is 17.7. The van der Waals surface area contributed by atoms with E-state index in [1.165, 1.54) is 0 Å². The zero-order chi connectivity index (χ0) is 21.8. The van der Waals surface area contributed by atoms with Crippen LogP contribution in [0.5, 0.6) is 0 Å². The van der Waals surface area contributed by atoms with Crippen LogP contribution in [-0.2, 0) is 16.0 Å². The predicted molar refractivity (Wildman–Crippen MR) is 116 cm³/mol. The highest BCUT2D eigenvalue weighted by Gasteiger charge is 2.48. The van der Waals surface area contributed by atoms with Crippen molar-refractivity contribution in [1.82, 2.24) is 20.1 Å². The minimum Gasteiger partial charge on any atom is -0.368 e. The molecule has 4 rings (SSSR count). The van der Waals surface area contributed by atoms with Crippen molar-refractivity contribution in [3.05, 3.63) is 60.4 Å². The number of carbonyl (C=O) groups excluding carboxylic acids is 3. The van der Waals surface area contributed by atoms with Gasteiger partial charge in [-0.3, -0.25) is 19.5 Å². The van der Waals surface area contributed by atoms with Gasteiger partial charge in [-0.1, -0.05) is 30.3 Å². The third kappa shape index (κ3) is 4.52. The van der Waals surface area contributed by atoms with Crippen molar-refractivity contribution in [2.45, 2.75) is 25.3 Å². The summed E-state index contributed by atoms with van der Waals surface area (Å²) >= 11 is 0. The summed E-state index contributed by atoms with van der Waals surface area (Å²) in [4.78, 5) is 47.3. The first-order chi connectivity index (χ1) is 15.0. The fraction of sp³-hybridized carbons (Fsp3) is 0.391. The van der Waals surface area contributed by atoms with Crippen molar-refractivity contribution in [2.24, 2.45) is 0 Å². The lowest BCUT2D eigenvalue weighted by Gasteiger charge is -2.36. The number of hydrogen-bond acceptors (Lipinski definition) is 5. The van der Waals surface area contributed by atoms with Crippen molar-refractivity contribution in [3.63, 3.8) is 0 Å². The van der Waals surface area contributed by atoms with Crippen molar-refractivity contribution in [3.8, 4) is 0 Å². The molecule has 1 atom stereocenters. The van der Waals surface area contributed by atoms with Crippen LogP contribution >= 0.6 is 0 Å². The van der Waals surface area contributed by atoms with Crippen LogP contribution in [0.4, 0.5) is 10.5 Å². The number of aromatic nitrogens is 1. The van der Waals surface area contributed by atoms with Crippen LogP contribution in [-0.4, -0.2) is 70.9 Å². The highest BCUT2D eigenvalue weighted by atomic mass is 16.2. The molecule has 0 spiro atoms. The highest BCUT2D eigenvalue weighted by Crippen LogP contribution is 2.23. The van der Waals surface area contributed by atoms with Gasteiger partial charge >= 0.3 is 6.03 Å². The Kier molecular flexibility index (Phi) is 5.88. The number of nitrogens with one attached hydrogen (secondary N) is 1. The minimum atomic E-state index is -0.993. The fourth-order valence-electron chi connectivity index (χ4n) is 4.10. The van der Waals surface area contributed by atoms with Crippen molar-refractivity contribution >= 4 is 23.5 Å². The van der Waals surface area contributed by atoms with Crippen LogP contribution < -0.4 is 10.2 Å². The molecule has 8 heteroatoms. The fourth-order valence-corrected chi connectivity index (χ4v) is 4.10. The second-order valence-electron chi connectivity index (χ2n) is 8.21. The van der Waals surface area contributed by atoms with Gasteiger partial charge in [-0.2, -0.15) is 0 Å². The van der Waals surface area contributed by atoms with E-state index in [2.05, 4.69) is 15.2 Å². The molecule has 2 aliphatic rings. The van der Waals surface area contributed by atoms with E-state index < -0.39 is 11.6 Å². The number of urea groups is 1. The smallest absolute Gasteiger partial charge is 0.325 e. The second kappa shape index (κ2) is 8.75. The molecule has 0 radical (unpaired) electrons. The molecule has 162 valence electrons. The number of imide groups is 1. The molecular weight excluding hydrogens is 394 g/mol. The molecule has 2 aromatic rings. The number of nitrogens with zero attached hydrogens (tertiary/aromatic N) is 4. The van der Waals surface area contributed by atoms with E-state index in [4.69, 9.17) is 0 Å². The minimum absolute atomic E-state index is 0.204. The molecule has 2 aliphatic heterocycles. The molecule has 1 aromatic heterocycles. The lowest BCUT2D eigenvalue weighted by Crippen LogP contribution is -2.52. The summed E-state index contributed by atoms with van der Waals surface area (Å²) in [5, 5.41) is 2.79. The number of carbonyl (C=O) groups is 3. The summed E-state index contributed by atoms with van der Waals surface area (Å²) in [6.07, 6.45) is 4.65. The number of pyridine rings is 1. The van der Waals surface area contributed by atoms with Crippen LogP contribution in [0.2, 0.25) is 0 Å². The number of amides is 4. The highest BCUT2D eigenvalue weighted by molar-refractivity contribution is 6.08. The van der Waals surface area contributed by atoms with E-state index in [9.17, 15) is 14.4 Å². The first-order valence-corrected chi connectivity index (χ1v) is 10.6. The van der Waals surface area contributed by atoms with Crippen LogP contribution in [0.25, 0.3) is 0 Å². The van der Waals surface area contributed by atoms with Crippen LogP contribution in [0.15, 0.2) is 54.9 Å². The summed E-state index contributed by atoms with van der Waals surface area (Å²) in [7, 11) is 0. The van der Waals surface area contributed by atoms with Crippen LogP contribution in [0, 0.1) is 0 Å². The third-order valence-electron chi connectivity index (χ3n) is 6.06. The quantitative estimate of drug-likeness (QED) is 0.718. The molecule has 3 heterocycles. The SMILES string of the molecule is C[C@@]1(CCc2ccccc2)NC(=O)N(CC(=O)N2CCN(c3ccncc3)CC2)C1=O. The topological polar surface area (TPSA) is 85.8 Å². The molecule has 2 fully saturated rings. The molecule has 0 saturated carbocycles.